The van der Waals surface area contributed by atoms with Crippen molar-refractivity contribution in [2.24, 2.45) is 11.7 Å². The van der Waals surface area contributed by atoms with Crippen LogP contribution < -0.4 is 5.73 Å². The molecule has 0 spiro atoms. The maximum atomic E-state index is 12.8. The highest BCUT2D eigenvalue weighted by atomic mass is 35.5. The highest BCUT2D eigenvalue weighted by Gasteiger charge is 2.35. The van der Waals surface area contributed by atoms with Crippen molar-refractivity contribution in [3.8, 4) is 0 Å². The van der Waals surface area contributed by atoms with E-state index in [4.69, 9.17) is 22.1 Å². The van der Waals surface area contributed by atoms with E-state index in [1.165, 1.54) is 6.07 Å². The normalized spacial score (nSPS) is 19.4. The summed E-state index contributed by atoms with van der Waals surface area (Å²) in [6, 6.07) is 3.41. The summed E-state index contributed by atoms with van der Waals surface area (Å²) in [5.41, 5.74) is 5.61. The zero-order valence-electron chi connectivity index (χ0n) is 10.2. The van der Waals surface area contributed by atoms with E-state index in [-0.39, 0.29) is 10.9 Å². The molecule has 0 aliphatic carbocycles. The molecule has 1 aliphatic rings. The molecule has 0 radical (unpaired) electrons. The predicted octanol–water partition coefficient (Wildman–Crippen LogP) is 3.79. The molecule has 0 saturated carbocycles. The second-order valence-corrected chi connectivity index (χ2v) is 5.06. The fourth-order valence-corrected chi connectivity index (χ4v) is 2.71. The third-order valence-corrected chi connectivity index (χ3v) is 3.89. The fourth-order valence-electron chi connectivity index (χ4n) is 2.36. The minimum Gasteiger partial charge on any atom is -0.381 e. The number of hydrogen-bond acceptors (Lipinski definition) is 2. The average molecular weight is 294 g/mol. The van der Waals surface area contributed by atoms with E-state index in [0.717, 1.165) is 18.9 Å². The molecule has 2 N–H and O–H groups in total. The molecule has 19 heavy (non-hydrogen) atoms. The first kappa shape index (κ1) is 14.6. The molecule has 6 heteroatoms. The molecule has 0 bridgehead atoms. The summed E-state index contributed by atoms with van der Waals surface area (Å²) in [7, 11) is 0. The summed E-state index contributed by atoms with van der Waals surface area (Å²) in [4.78, 5) is 0. The van der Waals surface area contributed by atoms with Crippen LogP contribution in [0.15, 0.2) is 18.2 Å². The van der Waals surface area contributed by atoms with Crippen LogP contribution in [0.25, 0.3) is 0 Å². The first-order valence-electron chi connectivity index (χ1n) is 6.10. The van der Waals surface area contributed by atoms with Crippen LogP contribution >= 0.6 is 11.6 Å². The zero-order valence-corrected chi connectivity index (χ0v) is 11.0. The largest absolute Gasteiger partial charge is 0.417 e. The van der Waals surface area contributed by atoms with Crippen molar-refractivity contribution in [2.45, 2.75) is 25.1 Å². The van der Waals surface area contributed by atoms with Gasteiger partial charge in [-0.3, -0.25) is 0 Å². The molecule has 106 valence electrons. The van der Waals surface area contributed by atoms with Gasteiger partial charge in [-0.15, -0.1) is 0 Å². The first-order chi connectivity index (χ1) is 8.91. The van der Waals surface area contributed by atoms with Gasteiger partial charge in [0, 0.05) is 19.3 Å². The summed E-state index contributed by atoms with van der Waals surface area (Å²) < 4.78 is 43.6. The minimum absolute atomic E-state index is 0.106. The van der Waals surface area contributed by atoms with Gasteiger partial charge in [-0.05, 0) is 30.4 Å². The third-order valence-electron chi connectivity index (χ3n) is 3.47. The Balaban J connectivity index is 2.29. The van der Waals surface area contributed by atoms with E-state index < -0.39 is 17.8 Å². The topological polar surface area (TPSA) is 35.2 Å². The van der Waals surface area contributed by atoms with Gasteiger partial charge < -0.3 is 10.5 Å². The van der Waals surface area contributed by atoms with Crippen LogP contribution in [0, 0.1) is 5.92 Å². The average Bonchev–Trinajstić information content (AvgIpc) is 2.38. The van der Waals surface area contributed by atoms with Crippen LogP contribution in [-0.2, 0) is 10.9 Å². The van der Waals surface area contributed by atoms with Crippen molar-refractivity contribution >= 4 is 11.6 Å². The van der Waals surface area contributed by atoms with Crippen LogP contribution in [0.5, 0.6) is 0 Å². The van der Waals surface area contributed by atoms with E-state index >= 15 is 0 Å². The summed E-state index contributed by atoms with van der Waals surface area (Å²) in [5, 5.41) is -0.283. The van der Waals surface area contributed by atoms with E-state index in [0.29, 0.717) is 18.8 Å². The molecule has 1 aliphatic heterocycles. The lowest BCUT2D eigenvalue weighted by Gasteiger charge is -2.29. The lowest BCUT2D eigenvalue weighted by Crippen LogP contribution is -2.28. The Morgan fingerprint density at radius 3 is 2.47 bits per heavy atom. The standard InChI is InChI=1S/C13H15ClF3NO/c14-11-9(2-1-3-10(11)13(15,16)17)12(18)8-4-6-19-7-5-8/h1-3,8,12H,4-7,18H2/t12-/m1/s1. The van der Waals surface area contributed by atoms with Crippen molar-refractivity contribution in [3.63, 3.8) is 0 Å². The maximum Gasteiger partial charge on any atom is 0.417 e. The van der Waals surface area contributed by atoms with Gasteiger partial charge in [-0.25, -0.2) is 0 Å². The van der Waals surface area contributed by atoms with Crippen molar-refractivity contribution in [1.82, 2.24) is 0 Å². The molecule has 1 aromatic rings. The van der Waals surface area contributed by atoms with Gasteiger partial charge in [-0.2, -0.15) is 13.2 Å². The van der Waals surface area contributed by atoms with Crippen molar-refractivity contribution in [1.29, 1.82) is 0 Å². The van der Waals surface area contributed by atoms with Crippen LogP contribution in [-0.4, -0.2) is 13.2 Å². The summed E-state index contributed by atoms with van der Waals surface area (Å²) in [6.07, 6.45) is -2.97. The molecule has 0 unspecified atom stereocenters. The molecule has 0 aromatic heterocycles. The van der Waals surface area contributed by atoms with Crippen LogP contribution in [0.2, 0.25) is 5.02 Å². The van der Waals surface area contributed by atoms with Crippen molar-refractivity contribution in [2.75, 3.05) is 13.2 Å². The monoisotopic (exact) mass is 293 g/mol. The molecule has 2 nitrogen and oxygen atoms in total. The van der Waals surface area contributed by atoms with Gasteiger partial charge in [0.05, 0.1) is 10.6 Å². The Hall–Kier alpha value is -0.780. The summed E-state index contributed by atoms with van der Waals surface area (Å²) in [5.74, 6) is 0.106. The molecule has 0 amide bonds. The van der Waals surface area contributed by atoms with Gasteiger partial charge in [-0.1, -0.05) is 23.7 Å². The van der Waals surface area contributed by atoms with Crippen molar-refractivity contribution in [3.05, 3.63) is 34.3 Å². The van der Waals surface area contributed by atoms with E-state index in [2.05, 4.69) is 0 Å². The number of rotatable bonds is 2. The Morgan fingerprint density at radius 1 is 1.26 bits per heavy atom. The Labute approximate surface area is 114 Å². The molecule has 1 aromatic carbocycles. The number of benzene rings is 1. The molecule has 1 saturated heterocycles. The van der Waals surface area contributed by atoms with Gasteiger partial charge >= 0.3 is 6.18 Å². The quantitative estimate of drug-likeness (QED) is 0.900. The highest BCUT2D eigenvalue weighted by Crippen LogP contribution is 2.40. The third kappa shape index (κ3) is 3.22. The van der Waals surface area contributed by atoms with Crippen LogP contribution in [0.3, 0.4) is 0 Å². The van der Waals surface area contributed by atoms with Crippen LogP contribution in [0.1, 0.15) is 30.0 Å². The van der Waals surface area contributed by atoms with Gasteiger partial charge in [0.2, 0.25) is 0 Å². The molecule has 1 fully saturated rings. The van der Waals surface area contributed by atoms with E-state index in [1.807, 2.05) is 0 Å². The van der Waals surface area contributed by atoms with Crippen molar-refractivity contribution < 1.29 is 17.9 Å². The highest BCUT2D eigenvalue weighted by molar-refractivity contribution is 6.32. The van der Waals surface area contributed by atoms with Crippen LogP contribution in [0.4, 0.5) is 13.2 Å². The van der Waals surface area contributed by atoms with Gasteiger partial charge in [0.1, 0.15) is 0 Å². The molecular formula is C13H15ClF3NO. The Kier molecular flexibility index (Phi) is 4.38. The predicted molar refractivity (Wildman–Crippen MR) is 66.9 cm³/mol. The SMILES string of the molecule is N[C@@H](c1cccc(C(F)(F)F)c1Cl)C1CCOCC1. The number of hydrogen-bond donors (Lipinski definition) is 1. The zero-order chi connectivity index (χ0) is 14.0. The van der Waals surface area contributed by atoms with Gasteiger partial charge in [0.15, 0.2) is 0 Å². The summed E-state index contributed by atoms with van der Waals surface area (Å²) in [6.45, 7) is 1.18. The molecular weight excluding hydrogens is 279 g/mol. The minimum atomic E-state index is -4.46. The second kappa shape index (κ2) is 5.69. The fraction of sp³-hybridized carbons (Fsp3) is 0.538. The number of alkyl halides is 3. The molecule has 1 heterocycles. The smallest absolute Gasteiger partial charge is 0.381 e. The van der Waals surface area contributed by atoms with E-state index in [9.17, 15) is 13.2 Å². The lowest BCUT2D eigenvalue weighted by atomic mass is 9.87. The Bertz CT molecular complexity index is 444. The molecule has 2 rings (SSSR count). The lowest BCUT2D eigenvalue weighted by molar-refractivity contribution is -0.137. The Morgan fingerprint density at radius 2 is 1.89 bits per heavy atom. The summed E-state index contributed by atoms with van der Waals surface area (Å²) >= 11 is 5.88. The maximum absolute atomic E-state index is 12.8. The van der Waals surface area contributed by atoms with E-state index in [1.54, 1.807) is 6.07 Å². The number of ether oxygens (including phenoxy) is 1. The second-order valence-electron chi connectivity index (χ2n) is 4.68. The van der Waals surface area contributed by atoms with Gasteiger partial charge in [0.25, 0.3) is 0 Å². The number of halogens is 4. The molecule has 1 atom stereocenters. The number of nitrogens with two attached hydrogens (primary N) is 1. The first-order valence-corrected chi connectivity index (χ1v) is 6.48.